The molecular formula is C15H21BrN4O2. The molecular weight excluding hydrogens is 348 g/mol. The van der Waals surface area contributed by atoms with Gasteiger partial charge in [-0.25, -0.2) is 9.78 Å². The molecule has 2 heterocycles. The lowest BCUT2D eigenvalue weighted by Crippen LogP contribution is -2.49. The summed E-state index contributed by atoms with van der Waals surface area (Å²) in [5.41, 5.74) is 0. The van der Waals surface area contributed by atoms with E-state index in [1.807, 2.05) is 19.9 Å². The van der Waals surface area contributed by atoms with Crippen LogP contribution in [0.25, 0.3) is 0 Å². The van der Waals surface area contributed by atoms with E-state index in [0.29, 0.717) is 18.9 Å². The number of nitrogens with one attached hydrogen (secondary N) is 2. The van der Waals surface area contributed by atoms with Gasteiger partial charge in [0.15, 0.2) is 0 Å². The number of hydrogen-bond donors (Lipinski definition) is 2. The molecule has 2 rings (SSSR count). The summed E-state index contributed by atoms with van der Waals surface area (Å²) in [4.78, 5) is 30.2. The van der Waals surface area contributed by atoms with Crippen LogP contribution in [0.5, 0.6) is 0 Å². The third-order valence-corrected chi connectivity index (χ3v) is 3.94. The van der Waals surface area contributed by atoms with Crippen molar-refractivity contribution < 1.29 is 9.59 Å². The minimum atomic E-state index is -0.197. The van der Waals surface area contributed by atoms with Gasteiger partial charge in [0, 0.05) is 29.8 Å². The Bertz CT molecular complexity index is 533. The van der Waals surface area contributed by atoms with Crippen molar-refractivity contribution >= 4 is 33.7 Å². The number of halogens is 1. The van der Waals surface area contributed by atoms with E-state index in [0.717, 1.165) is 17.3 Å². The van der Waals surface area contributed by atoms with Crippen LogP contribution < -0.4 is 10.6 Å². The zero-order valence-electron chi connectivity index (χ0n) is 12.8. The van der Waals surface area contributed by atoms with Crippen LogP contribution in [-0.2, 0) is 4.79 Å². The molecule has 0 aliphatic carbocycles. The van der Waals surface area contributed by atoms with Crippen LogP contribution in [0.3, 0.4) is 0 Å². The number of pyridine rings is 1. The number of carbonyl (C=O) groups is 2. The van der Waals surface area contributed by atoms with E-state index in [4.69, 9.17) is 0 Å². The van der Waals surface area contributed by atoms with Crippen molar-refractivity contribution in [3.63, 3.8) is 0 Å². The number of nitrogens with zero attached hydrogens (tertiary/aromatic N) is 2. The molecule has 1 aromatic rings. The summed E-state index contributed by atoms with van der Waals surface area (Å²) in [5, 5.41) is 5.68. The fraction of sp³-hybridized carbons (Fsp3) is 0.533. The van der Waals surface area contributed by atoms with Crippen molar-refractivity contribution in [3.8, 4) is 0 Å². The number of urea groups is 1. The minimum Gasteiger partial charge on any atom is -0.336 e. The summed E-state index contributed by atoms with van der Waals surface area (Å²) in [6.45, 7) is 4.98. The molecule has 3 amide bonds. The lowest BCUT2D eigenvalue weighted by atomic mass is 9.97. The van der Waals surface area contributed by atoms with Crippen molar-refractivity contribution in [3.05, 3.63) is 22.8 Å². The van der Waals surface area contributed by atoms with Crippen molar-refractivity contribution in [2.24, 2.45) is 5.92 Å². The van der Waals surface area contributed by atoms with Crippen LogP contribution in [0.1, 0.15) is 26.7 Å². The molecule has 120 valence electrons. The molecule has 6 nitrogen and oxygen atoms in total. The quantitative estimate of drug-likeness (QED) is 0.860. The molecule has 1 aliphatic heterocycles. The molecule has 0 saturated carbocycles. The molecule has 1 saturated heterocycles. The number of rotatable bonds is 3. The van der Waals surface area contributed by atoms with Crippen molar-refractivity contribution in [2.75, 3.05) is 18.4 Å². The lowest BCUT2D eigenvalue weighted by Gasteiger charge is -2.32. The van der Waals surface area contributed by atoms with Crippen LogP contribution in [0, 0.1) is 5.92 Å². The second kappa shape index (κ2) is 7.58. The van der Waals surface area contributed by atoms with E-state index >= 15 is 0 Å². The first kappa shape index (κ1) is 16.7. The Balaban J connectivity index is 1.92. The first-order valence-electron chi connectivity index (χ1n) is 7.43. The Kier molecular flexibility index (Phi) is 5.76. The third-order valence-electron chi connectivity index (χ3n) is 3.47. The molecule has 0 aromatic carbocycles. The smallest absolute Gasteiger partial charge is 0.317 e. The van der Waals surface area contributed by atoms with Crippen molar-refractivity contribution in [1.29, 1.82) is 0 Å². The Morgan fingerprint density at radius 2 is 2.18 bits per heavy atom. The van der Waals surface area contributed by atoms with Crippen LogP contribution in [0.15, 0.2) is 22.8 Å². The highest BCUT2D eigenvalue weighted by atomic mass is 79.9. The maximum Gasteiger partial charge on any atom is 0.317 e. The normalized spacial score (nSPS) is 18.2. The highest BCUT2D eigenvalue weighted by molar-refractivity contribution is 9.10. The largest absolute Gasteiger partial charge is 0.336 e. The summed E-state index contributed by atoms with van der Waals surface area (Å²) >= 11 is 3.31. The van der Waals surface area contributed by atoms with Crippen molar-refractivity contribution in [2.45, 2.75) is 32.7 Å². The Morgan fingerprint density at radius 1 is 1.41 bits per heavy atom. The summed E-state index contributed by atoms with van der Waals surface area (Å²) in [6.07, 6.45) is 3.25. The SMILES string of the molecule is CC(C)NC(=O)N1CCCC(C(=O)Nc2ccc(Br)cn2)C1. The van der Waals surface area contributed by atoms with Gasteiger partial charge < -0.3 is 15.5 Å². The molecule has 1 unspecified atom stereocenters. The van der Waals surface area contributed by atoms with Crippen LogP contribution in [0.2, 0.25) is 0 Å². The van der Waals surface area contributed by atoms with Gasteiger partial charge in [-0.3, -0.25) is 4.79 Å². The van der Waals surface area contributed by atoms with Gasteiger partial charge in [-0.05, 0) is 54.8 Å². The average Bonchev–Trinajstić information content (AvgIpc) is 2.49. The topological polar surface area (TPSA) is 74.3 Å². The van der Waals surface area contributed by atoms with Gasteiger partial charge in [0.2, 0.25) is 5.91 Å². The van der Waals surface area contributed by atoms with E-state index in [9.17, 15) is 9.59 Å². The summed E-state index contributed by atoms with van der Waals surface area (Å²) in [6, 6.07) is 3.56. The Morgan fingerprint density at radius 3 is 2.82 bits per heavy atom. The van der Waals surface area contributed by atoms with Gasteiger partial charge in [-0.15, -0.1) is 0 Å². The number of anilines is 1. The number of carbonyl (C=O) groups excluding carboxylic acids is 2. The zero-order valence-corrected chi connectivity index (χ0v) is 14.4. The van der Waals surface area contributed by atoms with E-state index in [-0.39, 0.29) is 23.9 Å². The highest BCUT2D eigenvalue weighted by Crippen LogP contribution is 2.19. The van der Waals surface area contributed by atoms with E-state index in [1.165, 1.54) is 0 Å². The first-order valence-corrected chi connectivity index (χ1v) is 8.23. The van der Waals surface area contributed by atoms with Gasteiger partial charge >= 0.3 is 6.03 Å². The summed E-state index contributed by atoms with van der Waals surface area (Å²) < 4.78 is 0.861. The van der Waals surface area contributed by atoms with E-state index < -0.39 is 0 Å². The fourth-order valence-electron chi connectivity index (χ4n) is 2.39. The van der Waals surface area contributed by atoms with Crippen LogP contribution >= 0.6 is 15.9 Å². The van der Waals surface area contributed by atoms with Crippen LogP contribution in [-0.4, -0.2) is 41.0 Å². The van der Waals surface area contributed by atoms with Crippen molar-refractivity contribution in [1.82, 2.24) is 15.2 Å². The Hall–Kier alpha value is -1.63. The predicted octanol–water partition coefficient (Wildman–Crippen LogP) is 2.61. The minimum absolute atomic E-state index is 0.0862. The number of hydrogen-bond acceptors (Lipinski definition) is 3. The molecule has 1 aromatic heterocycles. The average molecular weight is 369 g/mol. The number of aromatic nitrogens is 1. The monoisotopic (exact) mass is 368 g/mol. The van der Waals surface area contributed by atoms with Crippen LogP contribution in [0.4, 0.5) is 10.6 Å². The molecule has 7 heteroatoms. The number of likely N-dealkylation sites (tertiary alicyclic amines) is 1. The summed E-state index contributed by atoms with van der Waals surface area (Å²) in [5.74, 6) is 0.242. The molecule has 0 radical (unpaired) electrons. The lowest BCUT2D eigenvalue weighted by molar-refractivity contribution is -0.121. The maximum absolute atomic E-state index is 12.3. The van der Waals surface area contributed by atoms with Gasteiger partial charge in [0.25, 0.3) is 0 Å². The number of piperidine rings is 1. The summed E-state index contributed by atoms with van der Waals surface area (Å²) in [7, 11) is 0. The molecule has 1 atom stereocenters. The Labute approximate surface area is 138 Å². The fourth-order valence-corrected chi connectivity index (χ4v) is 2.63. The second-order valence-corrected chi connectivity index (χ2v) is 6.66. The zero-order chi connectivity index (χ0) is 16.1. The van der Waals surface area contributed by atoms with Gasteiger partial charge in [0.05, 0.1) is 5.92 Å². The molecule has 1 aliphatic rings. The second-order valence-electron chi connectivity index (χ2n) is 5.74. The van der Waals surface area contributed by atoms with E-state index in [1.54, 1.807) is 17.2 Å². The van der Waals surface area contributed by atoms with Gasteiger partial charge in [-0.2, -0.15) is 0 Å². The molecule has 0 bridgehead atoms. The molecule has 0 spiro atoms. The first-order chi connectivity index (χ1) is 10.5. The molecule has 2 N–H and O–H groups in total. The van der Waals surface area contributed by atoms with Gasteiger partial charge in [0.1, 0.15) is 5.82 Å². The predicted molar refractivity (Wildman–Crippen MR) is 88.5 cm³/mol. The van der Waals surface area contributed by atoms with Gasteiger partial charge in [-0.1, -0.05) is 0 Å². The third kappa shape index (κ3) is 4.69. The molecule has 1 fully saturated rings. The highest BCUT2D eigenvalue weighted by Gasteiger charge is 2.28. The standard InChI is InChI=1S/C15H21BrN4O2/c1-10(2)18-15(22)20-7-3-4-11(9-20)14(21)19-13-6-5-12(16)8-17-13/h5-6,8,10-11H,3-4,7,9H2,1-2H3,(H,18,22)(H,17,19,21). The maximum atomic E-state index is 12.3. The molecule has 22 heavy (non-hydrogen) atoms. The number of amides is 3. The van der Waals surface area contributed by atoms with E-state index in [2.05, 4.69) is 31.5 Å².